The molecule has 2 N–H and O–H groups in total. The van der Waals surface area contributed by atoms with Crippen LogP contribution >= 0.6 is 0 Å². The van der Waals surface area contributed by atoms with Crippen molar-refractivity contribution in [2.45, 2.75) is 58.5 Å². The Balaban J connectivity index is 2.21. The maximum atomic E-state index is 5.80. The maximum Gasteiger partial charge on any atom is 0.0218 e. The molecular weight excluding hydrogens is 222 g/mol. The lowest BCUT2D eigenvalue weighted by molar-refractivity contribution is 0.0821. The molecule has 3 heteroatoms. The van der Waals surface area contributed by atoms with Gasteiger partial charge in [-0.3, -0.25) is 0 Å². The van der Waals surface area contributed by atoms with Gasteiger partial charge in [-0.25, -0.2) is 0 Å². The summed E-state index contributed by atoms with van der Waals surface area (Å²) in [5.41, 5.74) is 5.80. The first-order valence-electron chi connectivity index (χ1n) is 7.71. The average Bonchev–Trinajstić information content (AvgIpc) is 2.31. The van der Waals surface area contributed by atoms with Crippen molar-refractivity contribution in [2.24, 2.45) is 11.7 Å². The molecule has 0 aromatic carbocycles. The highest BCUT2D eigenvalue weighted by Gasteiger charge is 2.23. The standard InChI is InChI=1S/C15H33N3/c1-5-15-12-18(10-9-17(15)4)11-13(2)7-6-8-14(3)16/h13-15H,5-12,16H2,1-4H3. The summed E-state index contributed by atoms with van der Waals surface area (Å²) in [4.78, 5) is 5.17. The van der Waals surface area contributed by atoms with Crippen LogP contribution < -0.4 is 5.73 Å². The van der Waals surface area contributed by atoms with E-state index in [0.29, 0.717) is 6.04 Å². The Morgan fingerprint density at radius 2 is 1.94 bits per heavy atom. The molecule has 3 nitrogen and oxygen atoms in total. The summed E-state index contributed by atoms with van der Waals surface area (Å²) in [7, 11) is 2.26. The highest BCUT2D eigenvalue weighted by atomic mass is 15.3. The molecule has 3 atom stereocenters. The smallest absolute Gasteiger partial charge is 0.0218 e. The van der Waals surface area contributed by atoms with Gasteiger partial charge in [-0.05, 0) is 39.2 Å². The zero-order valence-corrected chi connectivity index (χ0v) is 12.9. The zero-order chi connectivity index (χ0) is 13.5. The topological polar surface area (TPSA) is 32.5 Å². The fraction of sp³-hybridized carbons (Fsp3) is 1.00. The van der Waals surface area contributed by atoms with Crippen LogP contribution in [0.15, 0.2) is 0 Å². The van der Waals surface area contributed by atoms with Gasteiger partial charge >= 0.3 is 0 Å². The molecule has 18 heavy (non-hydrogen) atoms. The minimum Gasteiger partial charge on any atom is -0.328 e. The quantitative estimate of drug-likeness (QED) is 0.757. The zero-order valence-electron chi connectivity index (χ0n) is 12.9. The molecule has 0 spiro atoms. The number of piperazine rings is 1. The molecule has 0 radical (unpaired) electrons. The summed E-state index contributed by atoms with van der Waals surface area (Å²) < 4.78 is 0. The summed E-state index contributed by atoms with van der Waals surface area (Å²) in [6, 6.07) is 1.13. The molecule has 1 fully saturated rings. The van der Waals surface area contributed by atoms with Crippen LogP contribution in [0.1, 0.15) is 46.5 Å². The van der Waals surface area contributed by atoms with Gasteiger partial charge in [0.25, 0.3) is 0 Å². The second-order valence-electron chi connectivity index (χ2n) is 6.32. The lowest BCUT2D eigenvalue weighted by Gasteiger charge is -2.40. The van der Waals surface area contributed by atoms with E-state index in [1.807, 2.05) is 0 Å². The predicted octanol–water partition coefficient (Wildman–Crippen LogP) is 2.17. The largest absolute Gasteiger partial charge is 0.328 e. The summed E-state index contributed by atoms with van der Waals surface area (Å²) in [6.45, 7) is 11.8. The van der Waals surface area contributed by atoms with Crippen LogP contribution in [0.5, 0.6) is 0 Å². The molecule has 0 saturated carbocycles. The van der Waals surface area contributed by atoms with Crippen molar-refractivity contribution in [1.29, 1.82) is 0 Å². The Hall–Kier alpha value is -0.120. The van der Waals surface area contributed by atoms with Crippen molar-refractivity contribution >= 4 is 0 Å². The minimum atomic E-state index is 0.366. The summed E-state index contributed by atoms with van der Waals surface area (Å²) in [6.07, 6.45) is 5.05. The minimum absolute atomic E-state index is 0.366. The number of hydrogen-bond acceptors (Lipinski definition) is 3. The first-order valence-corrected chi connectivity index (χ1v) is 7.71. The van der Waals surface area contributed by atoms with E-state index in [1.165, 1.54) is 51.9 Å². The monoisotopic (exact) mass is 255 g/mol. The Morgan fingerprint density at radius 1 is 1.22 bits per heavy atom. The van der Waals surface area contributed by atoms with E-state index < -0.39 is 0 Å². The van der Waals surface area contributed by atoms with Crippen LogP contribution in [0.2, 0.25) is 0 Å². The summed E-state index contributed by atoms with van der Waals surface area (Å²) >= 11 is 0. The highest BCUT2D eigenvalue weighted by Crippen LogP contribution is 2.15. The third-order valence-corrected chi connectivity index (χ3v) is 4.26. The number of likely N-dealkylation sites (N-methyl/N-ethyl adjacent to an activating group) is 1. The van der Waals surface area contributed by atoms with E-state index in [4.69, 9.17) is 5.73 Å². The van der Waals surface area contributed by atoms with Gasteiger partial charge in [0, 0.05) is 38.3 Å². The number of hydrogen-bond donors (Lipinski definition) is 1. The van der Waals surface area contributed by atoms with E-state index in [9.17, 15) is 0 Å². The van der Waals surface area contributed by atoms with Crippen LogP contribution in [0.3, 0.4) is 0 Å². The maximum absolute atomic E-state index is 5.80. The molecule has 0 bridgehead atoms. The third kappa shape index (κ3) is 5.68. The van der Waals surface area contributed by atoms with Crippen molar-refractivity contribution in [3.8, 4) is 0 Å². The molecule has 1 aliphatic heterocycles. The summed E-state index contributed by atoms with van der Waals surface area (Å²) in [5, 5.41) is 0. The predicted molar refractivity (Wildman–Crippen MR) is 79.8 cm³/mol. The van der Waals surface area contributed by atoms with Gasteiger partial charge in [-0.15, -0.1) is 0 Å². The van der Waals surface area contributed by atoms with Crippen LogP contribution in [-0.2, 0) is 0 Å². The Kier molecular flexibility index (Phi) is 7.20. The molecular formula is C15H33N3. The van der Waals surface area contributed by atoms with Gasteiger partial charge < -0.3 is 15.5 Å². The van der Waals surface area contributed by atoms with Crippen LogP contribution in [-0.4, -0.2) is 55.1 Å². The van der Waals surface area contributed by atoms with E-state index in [-0.39, 0.29) is 0 Å². The second-order valence-corrected chi connectivity index (χ2v) is 6.32. The van der Waals surface area contributed by atoms with E-state index in [2.05, 4.69) is 37.6 Å². The van der Waals surface area contributed by atoms with Gasteiger partial charge in [0.05, 0.1) is 0 Å². The molecule has 1 aliphatic rings. The number of nitrogens with zero attached hydrogens (tertiary/aromatic N) is 2. The third-order valence-electron chi connectivity index (χ3n) is 4.26. The van der Waals surface area contributed by atoms with E-state index in [1.54, 1.807) is 0 Å². The van der Waals surface area contributed by atoms with Crippen molar-refractivity contribution in [2.75, 3.05) is 33.2 Å². The first kappa shape index (κ1) is 15.9. The lowest BCUT2D eigenvalue weighted by Crippen LogP contribution is -2.51. The fourth-order valence-electron chi connectivity index (χ4n) is 2.94. The Labute approximate surface area is 114 Å². The van der Waals surface area contributed by atoms with Gasteiger partial charge in [0.2, 0.25) is 0 Å². The van der Waals surface area contributed by atoms with Crippen LogP contribution in [0.25, 0.3) is 0 Å². The molecule has 1 rings (SSSR count). The first-order chi connectivity index (χ1) is 8.52. The van der Waals surface area contributed by atoms with Gasteiger partial charge in [0.15, 0.2) is 0 Å². The number of rotatable bonds is 7. The van der Waals surface area contributed by atoms with Gasteiger partial charge in [0.1, 0.15) is 0 Å². The second kappa shape index (κ2) is 8.13. The molecule has 108 valence electrons. The van der Waals surface area contributed by atoms with Crippen molar-refractivity contribution in [3.63, 3.8) is 0 Å². The van der Waals surface area contributed by atoms with Crippen LogP contribution in [0, 0.1) is 5.92 Å². The molecule has 0 aromatic heterocycles. The lowest BCUT2D eigenvalue weighted by atomic mass is 10.0. The molecule has 3 unspecified atom stereocenters. The number of nitrogens with two attached hydrogens (primary N) is 1. The van der Waals surface area contributed by atoms with E-state index in [0.717, 1.165) is 12.0 Å². The molecule has 0 aromatic rings. The van der Waals surface area contributed by atoms with Gasteiger partial charge in [-0.1, -0.05) is 20.3 Å². The fourth-order valence-corrected chi connectivity index (χ4v) is 2.94. The van der Waals surface area contributed by atoms with E-state index >= 15 is 0 Å². The molecule has 1 saturated heterocycles. The van der Waals surface area contributed by atoms with Crippen molar-refractivity contribution in [1.82, 2.24) is 9.80 Å². The van der Waals surface area contributed by atoms with Gasteiger partial charge in [-0.2, -0.15) is 0 Å². The molecule has 0 aliphatic carbocycles. The molecule has 1 heterocycles. The Bertz CT molecular complexity index is 218. The normalized spacial score (nSPS) is 26.2. The molecule has 0 amide bonds. The summed E-state index contributed by atoms with van der Waals surface area (Å²) in [5.74, 6) is 0.810. The average molecular weight is 255 g/mol. The SMILES string of the molecule is CCC1CN(CC(C)CCCC(C)N)CCN1C. The van der Waals surface area contributed by atoms with Crippen molar-refractivity contribution in [3.05, 3.63) is 0 Å². The van der Waals surface area contributed by atoms with Crippen molar-refractivity contribution < 1.29 is 0 Å². The Morgan fingerprint density at radius 3 is 2.56 bits per heavy atom. The highest BCUT2D eigenvalue weighted by molar-refractivity contribution is 4.79. The van der Waals surface area contributed by atoms with Crippen LogP contribution in [0.4, 0.5) is 0 Å².